The third-order valence-corrected chi connectivity index (χ3v) is 7.30. The molecule has 1 fully saturated rings. The summed E-state index contributed by atoms with van der Waals surface area (Å²) in [7, 11) is -1.64. The van der Waals surface area contributed by atoms with E-state index in [-0.39, 0.29) is 10.8 Å². The van der Waals surface area contributed by atoms with Crippen molar-refractivity contribution in [3.8, 4) is 5.75 Å². The topological polar surface area (TPSA) is 78.9 Å². The van der Waals surface area contributed by atoms with Crippen molar-refractivity contribution in [3.63, 3.8) is 0 Å². The zero-order valence-corrected chi connectivity index (χ0v) is 18.8. The molecule has 0 bridgehead atoms. The van der Waals surface area contributed by atoms with Gasteiger partial charge in [0.15, 0.2) is 0 Å². The molecule has 3 rings (SSSR count). The third-order valence-electron chi connectivity index (χ3n) is 5.26. The number of hydrogen-bond acceptors (Lipinski definition) is 5. The maximum absolute atomic E-state index is 13.1. The summed E-state index contributed by atoms with van der Waals surface area (Å²) in [5.41, 5.74) is 2.46. The molecule has 8 heteroatoms. The molecule has 1 aliphatic heterocycles. The molecule has 0 aliphatic carbocycles. The van der Waals surface area contributed by atoms with Crippen molar-refractivity contribution in [1.29, 1.82) is 0 Å². The number of aryl methyl sites for hydroxylation is 2. The van der Waals surface area contributed by atoms with Crippen LogP contribution in [-0.2, 0) is 10.0 Å². The molecule has 2 aromatic rings. The van der Waals surface area contributed by atoms with Crippen molar-refractivity contribution in [2.45, 2.75) is 25.7 Å². The summed E-state index contributed by atoms with van der Waals surface area (Å²) in [5, 5.41) is 2.82. The molecule has 1 aliphatic rings. The number of likely N-dealkylation sites (N-methyl/N-ethyl adjacent to an activating group) is 1. The van der Waals surface area contributed by atoms with Gasteiger partial charge < -0.3 is 15.0 Å². The maximum atomic E-state index is 13.1. The van der Waals surface area contributed by atoms with Gasteiger partial charge in [-0.15, -0.1) is 0 Å². The first-order chi connectivity index (χ1) is 14.2. The minimum Gasteiger partial charge on any atom is -0.494 e. The molecule has 1 saturated heterocycles. The van der Waals surface area contributed by atoms with Gasteiger partial charge >= 0.3 is 0 Å². The number of benzene rings is 2. The van der Waals surface area contributed by atoms with Gasteiger partial charge in [-0.1, -0.05) is 6.07 Å². The van der Waals surface area contributed by atoms with E-state index in [0.29, 0.717) is 49.6 Å². The van der Waals surface area contributed by atoms with Gasteiger partial charge in [0.2, 0.25) is 10.0 Å². The highest BCUT2D eigenvalue weighted by molar-refractivity contribution is 7.89. The Bertz CT molecular complexity index is 1030. The highest BCUT2D eigenvalue weighted by atomic mass is 32.2. The van der Waals surface area contributed by atoms with Crippen LogP contribution in [0, 0.1) is 13.8 Å². The molecule has 0 spiro atoms. The monoisotopic (exact) mass is 431 g/mol. The van der Waals surface area contributed by atoms with Crippen LogP contribution in [0.15, 0.2) is 41.3 Å². The Morgan fingerprint density at radius 1 is 1.03 bits per heavy atom. The van der Waals surface area contributed by atoms with E-state index < -0.39 is 10.0 Å². The lowest BCUT2D eigenvalue weighted by Crippen LogP contribution is -2.47. The first-order valence-electron chi connectivity index (χ1n) is 10.1. The molecule has 162 valence electrons. The van der Waals surface area contributed by atoms with Crippen molar-refractivity contribution in [3.05, 3.63) is 53.1 Å². The number of carbonyl (C=O) groups excluding carboxylic acids is 1. The highest BCUT2D eigenvalue weighted by Crippen LogP contribution is 2.25. The van der Waals surface area contributed by atoms with E-state index in [0.717, 1.165) is 11.3 Å². The zero-order valence-electron chi connectivity index (χ0n) is 17.9. The number of nitrogens with zero attached hydrogens (tertiary/aromatic N) is 2. The standard InChI is InChI=1S/C22H29N3O4S/c1-5-29-20-9-7-18(14-17(20)3)22(26)23-19-8-6-16(2)21(15-19)30(27,28)25-12-10-24(4)11-13-25/h6-9,14-15H,5,10-13H2,1-4H3,(H,23,26). The summed E-state index contributed by atoms with van der Waals surface area (Å²) in [6.45, 7) is 8.43. The third kappa shape index (κ3) is 4.83. The van der Waals surface area contributed by atoms with Crippen LogP contribution < -0.4 is 10.1 Å². The molecular weight excluding hydrogens is 402 g/mol. The van der Waals surface area contributed by atoms with Crippen LogP contribution in [0.25, 0.3) is 0 Å². The Hall–Kier alpha value is -2.42. The molecule has 1 heterocycles. The summed E-state index contributed by atoms with van der Waals surface area (Å²) in [6.07, 6.45) is 0. The molecule has 0 atom stereocenters. The minimum absolute atomic E-state index is 0.229. The highest BCUT2D eigenvalue weighted by Gasteiger charge is 2.29. The van der Waals surface area contributed by atoms with Gasteiger partial charge in [-0.25, -0.2) is 8.42 Å². The van der Waals surface area contributed by atoms with Gasteiger partial charge in [-0.05, 0) is 69.3 Å². The molecule has 30 heavy (non-hydrogen) atoms. The number of ether oxygens (including phenoxy) is 1. The molecule has 0 saturated carbocycles. The maximum Gasteiger partial charge on any atom is 0.255 e. The van der Waals surface area contributed by atoms with Crippen molar-refractivity contribution in [2.75, 3.05) is 45.2 Å². The number of sulfonamides is 1. The second-order valence-electron chi connectivity index (χ2n) is 7.56. The average molecular weight is 432 g/mol. The minimum atomic E-state index is -3.62. The van der Waals surface area contributed by atoms with Crippen molar-refractivity contribution >= 4 is 21.6 Å². The molecule has 0 unspecified atom stereocenters. The largest absolute Gasteiger partial charge is 0.494 e. The Morgan fingerprint density at radius 3 is 2.37 bits per heavy atom. The first kappa shape index (κ1) is 22.3. The molecule has 0 radical (unpaired) electrons. The fraction of sp³-hybridized carbons (Fsp3) is 0.409. The summed E-state index contributed by atoms with van der Waals surface area (Å²) < 4.78 is 33.3. The number of hydrogen-bond donors (Lipinski definition) is 1. The van der Waals surface area contributed by atoms with E-state index in [1.807, 2.05) is 20.9 Å². The molecule has 2 aromatic carbocycles. The van der Waals surface area contributed by atoms with Crippen LogP contribution in [0.4, 0.5) is 5.69 Å². The van der Waals surface area contributed by atoms with E-state index in [4.69, 9.17) is 4.74 Å². The molecule has 7 nitrogen and oxygen atoms in total. The quantitative estimate of drug-likeness (QED) is 0.761. The number of rotatable bonds is 6. The van der Waals surface area contributed by atoms with Crippen LogP contribution in [0.2, 0.25) is 0 Å². The van der Waals surface area contributed by atoms with E-state index in [2.05, 4.69) is 10.2 Å². The molecular formula is C22H29N3O4S. The molecule has 0 aromatic heterocycles. The average Bonchev–Trinajstić information content (AvgIpc) is 2.71. The van der Waals surface area contributed by atoms with E-state index in [1.165, 1.54) is 4.31 Å². The fourth-order valence-electron chi connectivity index (χ4n) is 3.43. The lowest BCUT2D eigenvalue weighted by Gasteiger charge is -2.32. The second-order valence-corrected chi connectivity index (χ2v) is 9.46. The molecule has 1 amide bonds. The predicted molar refractivity (Wildman–Crippen MR) is 118 cm³/mol. The van der Waals surface area contributed by atoms with Gasteiger partial charge in [0.05, 0.1) is 11.5 Å². The lowest BCUT2D eigenvalue weighted by molar-refractivity contribution is 0.102. The normalized spacial score (nSPS) is 15.7. The van der Waals surface area contributed by atoms with E-state index >= 15 is 0 Å². The van der Waals surface area contributed by atoms with Gasteiger partial charge in [-0.3, -0.25) is 4.79 Å². The summed E-state index contributed by atoms with van der Waals surface area (Å²) in [4.78, 5) is 15.0. The van der Waals surface area contributed by atoms with E-state index in [1.54, 1.807) is 43.3 Å². The van der Waals surface area contributed by atoms with Gasteiger partial charge in [0.1, 0.15) is 5.75 Å². The van der Waals surface area contributed by atoms with Crippen molar-refractivity contribution < 1.29 is 17.9 Å². The summed E-state index contributed by atoms with van der Waals surface area (Å²) >= 11 is 0. The van der Waals surface area contributed by atoms with Crippen molar-refractivity contribution in [1.82, 2.24) is 9.21 Å². The van der Waals surface area contributed by atoms with Crippen LogP contribution in [0.5, 0.6) is 5.75 Å². The summed E-state index contributed by atoms with van der Waals surface area (Å²) in [6, 6.07) is 10.2. The predicted octanol–water partition coefficient (Wildman–Crippen LogP) is 2.89. The van der Waals surface area contributed by atoms with Crippen molar-refractivity contribution in [2.24, 2.45) is 0 Å². The van der Waals surface area contributed by atoms with Crippen LogP contribution in [0.3, 0.4) is 0 Å². The Balaban J connectivity index is 1.81. The SMILES string of the molecule is CCOc1ccc(C(=O)Nc2ccc(C)c(S(=O)(=O)N3CCN(C)CC3)c2)cc1C. The summed E-state index contributed by atoms with van der Waals surface area (Å²) in [5.74, 6) is 0.442. The van der Waals surface area contributed by atoms with Gasteiger partial charge in [0.25, 0.3) is 5.91 Å². The smallest absolute Gasteiger partial charge is 0.255 e. The van der Waals surface area contributed by atoms with Crippen LogP contribution in [0.1, 0.15) is 28.4 Å². The number of carbonyl (C=O) groups is 1. The van der Waals surface area contributed by atoms with E-state index in [9.17, 15) is 13.2 Å². The fourth-order valence-corrected chi connectivity index (χ4v) is 5.11. The Labute approximate surface area is 178 Å². The lowest BCUT2D eigenvalue weighted by atomic mass is 10.1. The Morgan fingerprint density at radius 2 is 1.73 bits per heavy atom. The zero-order chi connectivity index (χ0) is 21.9. The molecule has 1 N–H and O–H groups in total. The Kier molecular flexibility index (Phi) is 6.80. The van der Waals surface area contributed by atoms with Gasteiger partial charge in [0, 0.05) is 37.4 Å². The number of anilines is 1. The van der Waals surface area contributed by atoms with Crippen LogP contribution in [-0.4, -0.2) is 63.4 Å². The second kappa shape index (κ2) is 9.16. The number of amides is 1. The van der Waals surface area contributed by atoms with Gasteiger partial charge in [-0.2, -0.15) is 4.31 Å². The number of nitrogens with one attached hydrogen (secondary N) is 1. The first-order valence-corrected chi connectivity index (χ1v) is 11.5. The van der Waals surface area contributed by atoms with Crippen LogP contribution >= 0.6 is 0 Å². The number of piperazine rings is 1.